The molecule has 7 heteroatoms. The van der Waals surface area contributed by atoms with Crippen molar-refractivity contribution in [2.24, 2.45) is 0 Å². The lowest BCUT2D eigenvalue weighted by molar-refractivity contribution is -0.933. The zero-order valence-electron chi connectivity index (χ0n) is 14.7. The molecule has 2 aromatic heterocycles. The molecule has 0 aliphatic carbocycles. The minimum atomic E-state index is 0.306. The largest absolute Gasteiger partial charge is 0.311 e. The standard InChI is InChI=1S/C18H23N5S2/c1-13(17-19-14-8-5-6-9-15(14)25-17)21(2)12-23-18(24)22-11-7-3-4-10-16(22)20-23/h5-6,8-9,13H,3-4,7,10-12H2,1-2H3/p+1/t13-/m1/s1. The van der Waals surface area contributed by atoms with Gasteiger partial charge in [0.1, 0.15) is 11.9 Å². The molecule has 1 aliphatic heterocycles. The lowest BCUT2D eigenvalue weighted by Crippen LogP contribution is -3.08. The Morgan fingerprint density at radius 1 is 1.28 bits per heavy atom. The first-order valence-electron chi connectivity index (χ1n) is 8.98. The summed E-state index contributed by atoms with van der Waals surface area (Å²) in [4.78, 5) is 6.16. The van der Waals surface area contributed by atoms with Gasteiger partial charge in [0.2, 0.25) is 4.77 Å². The Morgan fingerprint density at radius 3 is 2.96 bits per heavy atom. The maximum absolute atomic E-state index is 5.68. The number of rotatable bonds is 4. The number of fused-ring (bicyclic) bond motifs is 2. The van der Waals surface area contributed by atoms with Gasteiger partial charge in [-0.05, 0) is 44.1 Å². The van der Waals surface area contributed by atoms with Gasteiger partial charge >= 0.3 is 0 Å². The van der Waals surface area contributed by atoms with Crippen LogP contribution in [0.1, 0.15) is 43.1 Å². The van der Waals surface area contributed by atoms with Crippen LogP contribution in [0.25, 0.3) is 10.2 Å². The van der Waals surface area contributed by atoms with Crippen LogP contribution in [0.4, 0.5) is 0 Å². The van der Waals surface area contributed by atoms with Gasteiger partial charge in [0.15, 0.2) is 11.7 Å². The first-order chi connectivity index (χ1) is 12.1. The summed E-state index contributed by atoms with van der Waals surface area (Å²) < 4.78 is 6.36. The number of quaternary nitrogens is 1. The molecule has 1 aromatic carbocycles. The average Bonchev–Trinajstić information content (AvgIpc) is 3.07. The van der Waals surface area contributed by atoms with Gasteiger partial charge < -0.3 is 9.47 Å². The highest BCUT2D eigenvalue weighted by molar-refractivity contribution is 7.71. The summed E-state index contributed by atoms with van der Waals surface area (Å²) in [7, 11) is 2.20. The fourth-order valence-corrected chi connectivity index (χ4v) is 4.80. The Bertz CT molecular complexity index is 905. The Labute approximate surface area is 156 Å². The van der Waals surface area contributed by atoms with E-state index in [-0.39, 0.29) is 0 Å². The molecule has 0 amide bonds. The molecule has 5 nitrogen and oxygen atoms in total. The molecular weight excluding hydrogens is 350 g/mol. The van der Waals surface area contributed by atoms with E-state index < -0.39 is 0 Å². The molecule has 1 aliphatic rings. The molecule has 4 rings (SSSR count). The summed E-state index contributed by atoms with van der Waals surface area (Å²) in [6.07, 6.45) is 4.75. The number of benzene rings is 1. The number of para-hydroxylation sites is 1. The predicted molar refractivity (Wildman–Crippen MR) is 104 cm³/mol. The zero-order chi connectivity index (χ0) is 17.4. The number of thiazole rings is 1. The maximum atomic E-state index is 5.68. The van der Waals surface area contributed by atoms with Crippen LogP contribution < -0.4 is 4.90 Å². The van der Waals surface area contributed by atoms with Gasteiger partial charge in [-0.25, -0.2) is 4.98 Å². The fourth-order valence-electron chi connectivity index (χ4n) is 3.39. The van der Waals surface area contributed by atoms with Crippen molar-refractivity contribution in [3.8, 4) is 0 Å². The van der Waals surface area contributed by atoms with Crippen molar-refractivity contribution in [2.75, 3.05) is 7.05 Å². The third kappa shape index (κ3) is 3.28. The van der Waals surface area contributed by atoms with E-state index in [1.54, 1.807) is 11.3 Å². The molecule has 0 radical (unpaired) electrons. The van der Waals surface area contributed by atoms with Gasteiger partial charge in [-0.15, -0.1) is 11.3 Å². The first-order valence-corrected chi connectivity index (χ1v) is 10.2. The molecule has 1 N–H and O–H groups in total. The smallest absolute Gasteiger partial charge is 0.202 e. The number of nitrogens with one attached hydrogen (secondary N) is 1. The number of aromatic nitrogens is 4. The number of aryl methyl sites for hydroxylation is 1. The average molecular weight is 375 g/mol. The monoisotopic (exact) mass is 374 g/mol. The lowest BCUT2D eigenvalue weighted by Gasteiger charge is -2.19. The zero-order valence-corrected chi connectivity index (χ0v) is 16.4. The van der Waals surface area contributed by atoms with Crippen molar-refractivity contribution in [3.63, 3.8) is 0 Å². The molecule has 0 fully saturated rings. The van der Waals surface area contributed by atoms with Gasteiger partial charge in [-0.1, -0.05) is 18.6 Å². The third-order valence-corrected chi connectivity index (χ3v) is 6.75. The van der Waals surface area contributed by atoms with E-state index in [2.05, 4.69) is 36.7 Å². The highest BCUT2D eigenvalue weighted by Crippen LogP contribution is 2.24. The van der Waals surface area contributed by atoms with Crippen molar-refractivity contribution < 1.29 is 4.90 Å². The van der Waals surface area contributed by atoms with Crippen LogP contribution in [-0.4, -0.2) is 26.4 Å². The first kappa shape index (κ1) is 16.9. The van der Waals surface area contributed by atoms with E-state index in [0.717, 1.165) is 35.7 Å². The molecule has 3 aromatic rings. The van der Waals surface area contributed by atoms with Crippen LogP contribution in [0, 0.1) is 4.77 Å². The van der Waals surface area contributed by atoms with Crippen molar-refractivity contribution in [1.29, 1.82) is 0 Å². The fraction of sp³-hybridized carbons (Fsp3) is 0.500. The minimum absolute atomic E-state index is 0.306. The summed E-state index contributed by atoms with van der Waals surface area (Å²) in [5.74, 6) is 1.16. The van der Waals surface area contributed by atoms with Crippen LogP contribution in [0.3, 0.4) is 0 Å². The molecule has 132 valence electrons. The summed E-state index contributed by atoms with van der Waals surface area (Å²) in [5.41, 5.74) is 1.09. The van der Waals surface area contributed by atoms with Gasteiger partial charge in [0.25, 0.3) is 0 Å². The van der Waals surface area contributed by atoms with Crippen molar-refractivity contribution in [2.45, 2.75) is 51.9 Å². The van der Waals surface area contributed by atoms with Crippen molar-refractivity contribution in [3.05, 3.63) is 39.9 Å². The lowest BCUT2D eigenvalue weighted by atomic mass is 10.2. The normalized spacial score (nSPS) is 17.2. The molecule has 25 heavy (non-hydrogen) atoms. The van der Waals surface area contributed by atoms with Crippen LogP contribution >= 0.6 is 23.6 Å². The van der Waals surface area contributed by atoms with Crippen LogP contribution in [0.15, 0.2) is 24.3 Å². The number of hydrogen-bond acceptors (Lipinski definition) is 4. The minimum Gasteiger partial charge on any atom is -0.311 e. The second-order valence-corrected chi connectivity index (χ2v) is 8.33. The van der Waals surface area contributed by atoms with E-state index in [4.69, 9.17) is 22.3 Å². The summed E-state index contributed by atoms with van der Waals surface area (Å²) in [6.45, 7) is 4.02. The molecular formula is C18H24N5S2+. The van der Waals surface area contributed by atoms with Gasteiger partial charge in [-0.3, -0.25) is 0 Å². The van der Waals surface area contributed by atoms with E-state index in [1.807, 2.05) is 10.7 Å². The molecule has 0 bridgehead atoms. The van der Waals surface area contributed by atoms with E-state index in [0.29, 0.717) is 6.04 Å². The topological polar surface area (TPSA) is 40.1 Å². The molecule has 0 saturated heterocycles. The van der Waals surface area contributed by atoms with Gasteiger partial charge in [0.05, 0.1) is 17.3 Å². The van der Waals surface area contributed by atoms with E-state index in [9.17, 15) is 0 Å². The SMILES string of the molecule is C[C@H](c1nc2ccccc2s1)[NH+](C)Cn1nc2n(c1=S)CCCCC2. The van der Waals surface area contributed by atoms with Crippen LogP contribution in [-0.2, 0) is 19.6 Å². The van der Waals surface area contributed by atoms with Gasteiger partial charge in [-0.2, -0.15) is 9.78 Å². The number of hydrogen-bond donors (Lipinski definition) is 1. The van der Waals surface area contributed by atoms with Crippen LogP contribution in [0.2, 0.25) is 0 Å². The highest BCUT2D eigenvalue weighted by Gasteiger charge is 2.22. The van der Waals surface area contributed by atoms with E-state index in [1.165, 1.54) is 33.9 Å². The Hall–Kier alpha value is -1.57. The predicted octanol–water partition coefficient (Wildman–Crippen LogP) is 2.98. The Morgan fingerprint density at radius 2 is 2.12 bits per heavy atom. The van der Waals surface area contributed by atoms with Crippen molar-refractivity contribution in [1.82, 2.24) is 19.3 Å². The molecule has 0 saturated carbocycles. The second kappa shape index (κ2) is 6.97. The summed E-state index contributed by atoms with van der Waals surface area (Å²) >= 11 is 7.47. The van der Waals surface area contributed by atoms with Gasteiger partial charge in [0, 0.05) is 13.0 Å². The van der Waals surface area contributed by atoms with E-state index >= 15 is 0 Å². The molecule has 2 atom stereocenters. The molecule has 3 heterocycles. The second-order valence-electron chi connectivity index (χ2n) is 6.91. The van der Waals surface area contributed by atoms with Crippen molar-refractivity contribution >= 4 is 33.8 Å². The Balaban J connectivity index is 1.55. The molecule has 0 spiro atoms. The quantitative estimate of drug-likeness (QED) is 0.714. The molecule has 1 unspecified atom stereocenters. The third-order valence-electron chi connectivity index (χ3n) is 5.10. The highest BCUT2D eigenvalue weighted by atomic mass is 32.1. The van der Waals surface area contributed by atoms with Crippen LogP contribution in [0.5, 0.6) is 0 Å². The number of nitrogens with zero attached hydrogens (tertiary/aromatic N) is 4. The summed E-state index contributed by atoms with van der Waals surface area (Å²) in [5, 5.41) is 5.98. The maximum Gasteiger partial charge on any atom is 0.202 e. The Kier molecular flexibility index (Phi) is 4.71. The summed E-state index contributed by atoms with van der Waals surface area (Å²) in [6, 6.07) is 8.65.